The van der Waals surface area contributed by atoms with Crippen molar-refractivity contribution in [2.75, 3.05) is 0 Å². The molecule has 0 radical (unpaired) electrons. The Morgan fingerprint density at radius 3 is 3.00 bits per heavy atom. The van der Waals surface area contributed by atoms with Crippen molar-refractivity contribution >= 4 is 5.78 Å². The Hall–Kier alpha value is -1.35. The molecule has 3 heteroatoms. The lowest BCUT2D eigenvalue weighted by molar-refractivity contribution is -0.120. The molecular formula is C11H13NO2. The lowest BCUT2D eigenvalue weighted by atomic mass is 9.98. The zero-order chi connectivity index (χ0) is 9.97. The maximum Gasteiger partial charge on any atom is 0.144 e. The lowest BCUT2D eigenvalue weighted by Crippen LogP contribution is -2.20. The van der Waals surface area contributed by atoms with E-state index < -0.39 is 0 Å². The number of ketones is 1. The summed E-state index contributed by atoms with van der Waals surface area (Å²) in [5.74, 6) is 0.218. The molecule has 2 unspecified atom stereocenters. The highest BCUT2D eigenvalue weighted by Crippen LogP contribution is 2.19. The van der Waals surface area contributed by atoms with Crippen LogP contribution in [0.1, 0.15) is 12.0 Å². The van der Waals surface area contributed by atoms with Gasteiger partial charge in [0, 0.05) is 18.4 Å². The minimum absolute atomic E-state index is 0.0000926. The highest BCUT2D eigenvalue weighted by molar-refractivity contribution is 5.85. The van der Waals surface area contributed by atoms with Crippen LogP contribution in [0, 0.1) is 5.92 Å². The van der Waals surface area contributed by atoms with Crippen LogP contribution < -0.4 is 5.73 Å². The number of carbonyl (C=O) groups is 1. The van der Waals surface area contributed by atoms with Gasteiger partial charge in [0.15, 0.2) is 0 Å². The predicted molar refractivity (Wildman–Crippen MR) is 52.6 cm³/mol. The molecule has 2 N–H and O–H groups in total. The Labute approximate surface area is 82.6 Å². The fourth-order valence-electron chi connectivity index (χ4n) is 1.69. The minimum atomic E-state index is -0.0000926. The van der Waals surface area contributed by atoms with Crippen LogP contribution in [0.15, 0.2) is 35.2 Å². The van der Waals surface area contributed by atoms with Crippen molar-refractivity contribution in [3.05, 3.63) is 36.3 Å². The van der Waals surface area contributed by atoms with Gasteiger partial charge in [0.2, 0.25) is 0 Å². The highest BCUT2D eigenvalue weighted by atomic mass is 16.3. The van der Waals surface area contributed by atoms with Crippen LogP contribution in [-0.4, -0.2) is 11.8 Å². The van der Waals surface area contributed by atoms with Gasteiger partial charge < -0.3 is 10.2 Å². The molecule has 0 aromatic carbocycles. The van der Waals surface area contributed by atoms with Gasteiger partial charge in [0.25, 0.3) is 0 Å². The van der Waals surface area contributed by atoms with Crippen LogP contribution >= 0.6 is 0 Å². The van der Waals surface area contributed by atoms with Gasteiger partial charge in [0.05, 0.1) is 12.5 Å². The Kier molecular flexibility index (Phi) is 2.50. The quantitative estimate of drug-likeness (QED) is 0.732. The minimum Gasteiger partial charge on any atom is -0.472 e. The third kappa shape index (κ3) is 1.93. The summed E-state index contributed by atoms with van der Waals surface area (Å²) >= 11 is 0. The molecule has 1 aromatic heterocycles. The molecule has 3 nitrogen and oxygen atoms in total. The van der Waals surface area contributed by atoms with Crippen LogP contribution in [-0.2, 0) is 11.2 Å². The molecule has 0 bridgehead atoms. The molecule has 0 saturated heterocycles. The molecule has 2 rings (SSSR count). The summed E-state index contributed by atoms with van der Waals surface area (Å²) in [4.78, 5) is 11.7. The number of hydrogen-bond acceptors (Lipinski definition) is 3. The number of Topliss-reactive ketones (excluding diaryl/α,β-unsaturated/α-hetero) is 1. The lowest BCUT2D eigenvalue weighted by Gasteiger charge is -2.06. The van der Waals surface area contributed by atoms with E-state index >= 15 is 0 Å². The van der Waals surface area contributed by atoms with Crippen molar-refractivity contribution < 1.29 is 9.21 Å². The summed E-state index contributed by atoms with van der Waals surface area (Å²) in [5, 5.41) is 0. The van der Waals surface area contributed by atoms with E-state index in [9.17, 15) is 4.79 Å². The average molecular weight is 191 g/mol. The van der Waals surface area contributed by atoms with Crippen LogP contribution in [0.5, 0.6) is 0 Å². The molecule has 74 valence electrons. The molecule has 0 fully saturated rings. The van der Waals surface area contributed by atoms with E-state index in [-0.39, 0.29) is 17.7 Å². The Bertz CT molecular complexity index is 340. The topological polar surface area (TPSA) is 56.2 Å². The van der Waals surface area contributed by atoms with Gasteiger partial charge in [-0.05, 0) is 18.1 Å². The fraction of sp³-hybridized carbons (Fsp3) is 0.364. The molecule has 0 amide bonds. The van der Waals surface area contributed by atoms with E-state index in [0.29, 0.717) is 6.42 Å². The second-order valence-corrected chi connectivity index (χ2v) is 3.67. The van der Waals surface area contributed by atoms with Gasteiger partial charge in [-0.3, -0.25) is 4.79 Å². The zero-order valence-corrected chi connectivity index (χ0v) is 7.85. The van der Waals surface area contributed by atoms with Crippen molar-refractivity contribution in [1.82, 2.24) is 0 Å². The molecule has 1 aromatic rings. The van der Waals surface area contributed by atoms with Crippen LogP contribution in [0.2, 0.25) is 0 Å². The molecule has 0 saturated carbocycles. The molecular weight excluding hydrogens is 178 g/mol. The summed E-state index contributed by atoms with van der Waals surface area (Å²) < 4.78 is 4.90. The summed E-state index contributed by atoms with van der Waals surface area (Å²) in [6.45, 7) is 0. The summed E-state index contributed by atoms with van der Waals surface area (Å²) in [5.41, 5.74) is 6.61. The third-order valence-electron chi connectivity index (χ3n) is 2.49. The number of nitrogens with two attached hydrogens (primary N) is 1. The Balaban J connectivity index is 1.94. The first-order valence-corrected chi connectivity index (χ1v) is 4.73. The Morgan fingerprint density at radius 2 is 2.43 bits per heavy atom. The van der Waals surface area contributed by atoms with Crippen LogP contribution in [0.25, 0.3) is 0 Å². The summed E-state index contributed by atoms with van der Waals surface area (Å²) in [6.07, 6.45) is 8.19. The maximum absolute atomic E-state index is 11.7. The van der Waals surface area contributed by atoms with Crippen molar-refractivity contribution in [3.8, 4) is 0 Å². The van der Waals surface area contributed by atoms with E-state index in [2.05, 4.69) is 0 Å². The van der Waals surface area contributed by atoms with Gasteiger partial charge in [-0.15, -0.1) is 0 Å². The zero-order valence-electron chi connectivity index (χ0n) is 7.85. The molecule has 14 heavy (non-hydrogen) atoms. The van der Waals surface area contributed by atoms with Crippen molar-refractivity contribution in [2.45, 2.75) is 18.9 Å². The van der Waals surface area contributed by atoms with Gasteiger partial charge in [-0.1, -0.05) is 12.2 Å². The molecule has 0 spiro atoms. The first-order valence-electron chi connectivity index (χ1n) is 4.73. The van der Waals surface area contributed by atoms with Gasteiger partial charge in [-0.25, -0.2) is 0 Å². The number of allylic oxidation sites excluding steroid dienone is 1. The first-order chi connectivity index (χ1) is 6.75. The maximum atomic E-state index is 11.7. The standard InChI is InChI=1S/C11H13NO2/c12-10-2-1-9(6-10)11(13)5-8-3-4-14-7-8/h1-4,7,9-10H,5-6,12H2. The largest absolute Gasteiger partial charge is 0.472 e. The number of rotatable bonds is 3. The second-order valence-electron chi connectivity index (χ2n) is 3.67. The SMILES string of the molecule is NC1C=CC(C(=O)Cc2ccoc2)C1. The van der Waals surface area contributed by atoms with Crippen LogP contribution in [0.3, 0.4) is 0 Å². The molecule has 1 aliphatic rings. The molecule has 1 heterocycles. The number of hydrogen-bond donors (Lipinski definition) is 1. The number of furan rings is 1. The Morgan fingerprint density at radius 1 is 1.57 bits per heavy atom. The van der Waals surface area contributed by atoms with E-state index in [4.69, 9.17) is 10.2 Å². The smallest absolute Gasteiger partial charge is 0.144 e. The molecule has 0 aliphatic heterocycles. The third-order valence-corrected chi connectivity index (χ3v) is 2.49. The first kappa shape index (κ1) is 9.21. The van der Waals surface area contributed by atoms with E-state index in [0.717, 1.165) is 12.0 Å². The average Bonchev–Trinajstić information content (AvgIpc) is 2.75. The van der Waals surface area contributed by atoms with E-state index in [1.165, 1.54) is 0 Å². The summed E-state index contributed by atoms with van der Waals surface area (Å²) in [6, 6.07) is 1.87. The fourth-order valence-corrected chi connectivity index (χ4v) is 1.69. The van der Waals surface area contributed by atoms with Crippen molar-refractivity contribution in [3.63, 3.8) is 0 Å². The predicted octanol–water partition coefficient (Wildman–Crippen LogP) is 1.29. The second kappa shape index (κ2) is 3.80. The van der Waals surface area contributed by atoms with Gasteiger partial charge >= 0.3 is 0 Å². The normalized spacial score (nSPS) is 25.5. The molecule has 2 atom stereocenters. The van der Waals surface area contributed by atoms with Crippen molar-refractivity contribution in [1.29, 1.82) is 0 Å². The molecule has 1 aliphatic carbocycles. The monoisotopic (exact) mass is 191 g/mol. The van der Waals surface area contributed by atoms with Gasteiger partial charge in [0.1, 0.15) is 5.78 Å². The number of carbonyl (C=O) groups excluding carboxylic acids is 1. The summed E-state index contributed by atoms with van der Waals surface area (Å²) in [7, 11) is 0. The van der Waals surface area contributed by atoms with Crippen LogP contribution in [0.4, 0.5) is 0 Å². The van der Waals surface area contributed by atoms with E-state index in [1.54, 1.807) is 12.5 Å². The van der Waals surface area contributed by atoms with Gasteiger partial charge in [-0.2, -0.15) is 0 Å². The van der Waals surface area contributed by atoms with E-state index in [1.807, 2.05) is 18.2 Å². The highest BCUT2D eigenvalue weighted by Gasteiger charge is 2.22. The van der Waals surface area contributed by atoms with Crippen molar-refractivity contribution in [2.24, 2.45) is 11.7 Å².